The maximum Gasteiger partial charge on any atom is 0.227 e. The monoisotopic (exact) mass is 299 g/mol. The zero-order valence-corrected chi connectivity index (χ0v) is 11.2. The van der Waals surface area contributed by atoms with Gasteiger partial charge in [0.2, 0.25) is 5.91 Å². The van der Waals surface area contributed by atoms with Crippen molar-refractivity contribution in [2.45, 2.75) is 25.7 Å². The molecule has 0 bridgehead atoms. The summed E-state index contributed by atoms with van der Waals surface area (Å²) < 4.78 is 14.3. The third-order valence-electron chi connectivity index (χ3n) is 3.06. The van der Waals surface area contributed by atoms with Gasteiger partial charge in [0.15, 0.2) is 0 Å². The highest BCUT2D eigenvalue weighted by molar-refractivity contribution is 9.10. The van der Waals surface area contributed by atoms with Crippen LogP contribution in [0.2, 0.25) is 0 Å². The molecule has 1 saturated heterocycles. The summed E-state index contributed by atoms with van der Waals surface area (Å²) in [6.45, 7) is 1.63. The molecule has 0 saturated carbocycles. The van der Waals surface area contributed by atoms with Gasteiger partial charge in [-0.15, -0.1) is 0 Å². The van der Waals surface area contributed by atoms with Crippen molar-refractivity contribution in [2.75, 3.05) is 13.1 Å². The zero-order valence-electron chi connectivity index (χ0n) is 9.59. The topological polar surface area (TPSA) is 20.3 Å². The lowest BCUT2D eigenvalue weighted by Gasteiger charge is -2.26. The quantitative estimate of drug-likeness (QED) is 0.821. The van der Waals surface area contributed by atoms with Gasteiger partial charge >= 0.3 is 0 Å². The first-order chi connectivity index (χ1) is 8.16. The Bertz CT molecular complexity index is 416. The Morgan fingerprint density at radius 1 is 1.29 bits per heavy atom. The molecule has 0 spiro atoms. The third-order valence-corrected chi connectivity index (χ3v) is 3.55. The molecule has 92 valence electrons. The molecule has 1 amide bonds. The number of nitrogens with zero attached hydrogens (tertiary/aromatic N) is 1. The normalized spacial score (nSPS) is 16.0. The molecule has 2 nitrogen and oxygen atoms in total. The molecule has 0 aromatic heterocycles. The van der Waals surface area contributed by atoms with Crippen molar-refractivity contribution in [1.82, 2.24) is 4.90 Å². The second-order valence-corrected chi connectivity index (χ2v) is 5.27. The Kier molecular flexibility index (Phi) is 4.15. The molecular weight excluding hydrogens is 285 g/mol. The van der Waals surface area contributed by atoms with Crippen molar-refractivity contribution in [3.8, 4) is 0 Å². The summed E-state index contributed by atoms with van der Waals surface area (Å²) in [4.78, 5) is 13.8. The summed E-state index contributed by atoms with van der Waals surface area (Å²) in [6, 6.07) is 4.71. The van der Waals surface area contributed by atoms with E-state index in [0.29, 0.717) is 5.56 Å². The van der Waals surface area contributed by atoms with Crippen LogP contribution in [0.25, 0.3) is 0 Å². The molecule has 1 aliphatic rings. The van der Waals surface area contributed by atoms with Crippen molar-refractivity contribution < 1.29 is 9.18 Å². The summed E-state index contributed by atoms with van der Waals surface area (Å²) in [5, 5.41) is 0. The van der Waals surface area contributed by atoms with Crippen molar-refractivity contribution >= 4 is 21.8 Å². The van der Waals surface area contributed by atoms with E-state index in [1.54, 1.807) is 12.1 Å². The van der Waals surface area contributed by atoms with Crippen LogP contribution in [0.4, 0.5) is 4.39 Å². The molecule has 0 aliphatic carbocycles. The Hall–Kier alpha value is -0.900. The lowest BCUT2D eigenvalue weighted by atomic mass is 10.1. The number of hydrogen-bond acceptors (Lipinski definition) is 1. The van der Waals surface area contributed by atoms with Crippen molar-refractivity contribution in [3.05, 3.63) is 34.1 Å². The minimum Gasteiger partial charge on any atom is -0.342 e. The van der Waals surface area contributed by atoms with Crippen LogP contribution in [0.15, 0.2) is 22.7 Å². The molecule has 1 aromatic rings. The molecule has 1 fully saturated rings. The number of likely N-dealkylation sites (tertiary alicyclic amines) is 1. The average molecular weight is 300 g/mol. The molecule has 1 aliphatic heterocycles. The second kappa shape index (κ2) is 5.63. The lowest BCUT2D eigenvalue weighted by Crippen LogP contribution is -2.36. The van der Waals surface area contributed by atoms with E-state index in [1.807, 2.05) is 4.90 Å². The summed E-state index contributed by atoms with van der Waals surface area (Å²) in [7, 11) is 0. The van der Waals surface area contributed by atoms with Crippen LogP contribution in [-0.2, 0) is 11.2 Å². The van der Waals surface area contributed by atoms with Gasteiger partial charge in [-0.1, -0.05) is 15.9 Å². The number of amides is 1. The van der Waals surface area contributed by atoms with Gasteiger partial charge in [0.25, 0.3) is 0 Å². The Labute approximate surface area is 109 Å². The molecule has 1 aromatic carbocycles. The molecule has 17 heavy (non-hydrogen) atoms. The van der Waals surface area contributed by atoms with Gasteiger partial charge in [-0.05, 0) is 43.0 Å². The number of piperidine rings is 1. The minimum atomic E-state index is -0.307. The van der Waals surface area contributed by atoms with Crippen LogP contribution < -0.4 is 0 Å². The first-order valence-electron chi connectivity index (χ1n) is 5.88. The van der Waals surface area contributed by atoms with E-state index in [1.165, 1.54) is 12.5 Å². The number of carbonyl (C=O) groups is 1. The predicted octanol–water partition coefficient (Wildman–Crippen LogP) is 3.14. The van der Waals surface area contributed by atoms with Gasteiger partial charge in [-0.25, -0.2) is 4.39 Å². The van der Waals surface area contributed by atoms with E-state index in [0.717, 1.165) is 30.4 Å². The van der Waals surface area contributed by atoms with Crippen LogP contribution in [0, 0.1) is 5.82 Å². The van der Waals surface area contributed by atoms with Crippen LogP contribution in [0.3, 0.4) is 0 Å². The highest BCUT2D eigenvalue weighted by atomic mass is 79.9. The standard InChI is InChI=1S/C13H15BrFNO/c14-11-4-5-12(15)10(8-11)9-13(17)16-6-2-1-3-7-16/h4-5,8H,1-3,6-7,9H2. The summed E-state index contributed by atoms with van der Waals surface area (Å²) in [5.74, 6) is -0.278. The fourth-order valence-corrected chi connectivity index (χ4v) is 2.51. The number of carbonyl (C=O) groups excluding carboxylic acids is 1. The Morgan fingerprint density at radius 2 is 2.00 bits per heavy atom. The van der Waals surface area contributed by atoms with Crippen LogP contribution in [-0.4, -0.2) is 23.9 Å². The van der Waals surface area contributed by atoms with Gasteiger partial charge in [-0.2, -0.15) is 0 Å². The van der Waals surface area contributed by atoms with Crippen molar-refractivity contribution in [1.29, 1.82) is 0 Å². The molecule has 0 unspecified atom stereocenters. The molecular formula is C13H15BrFNO. The van der Waals surface area contributed by atoms with Gasteiger partial charge in [-0.3, -0.25) is 4.79 Å². The first kappa shape index (κ1) is 12.6. The second-order valence-electron chi connectivity index (χ2n) is 4.35. The predicted molar refractivity (Wildman–Crippen MR) is 68.2 cm³/mol. The fourth-order valence-electron chi connectivity index (χ4n) is 2.10. The van der Waals surface area contributed by atoms with E-state index < -0.39 is 0 Å². The first-order valence-corrected chi connectivity index (χ1v) is 6.68. The van der Waals surface area contributed by atoms with E-state index in [4.69, 9.17) is 0 Å². The molecule has 2 rings (SSSR count). The number of hydrogen-bond donors (Lipinski definition) is 0. The Balaban J connectivity index is 2.04. The lowest BCUT2D eigenvalue weighted by molar-refractivity contribution is -0.131. The molecule has 0 radical (unpaired) electrons. The largest absolute Gasteiger partial charge is 0.342 e. The fraction of sp³-hybridized carbons (Fsp3) is 0.462. The Morgan fingerprint density at radius 3 is 2.71 bits per heavy atom. The van der Waals surface area contributed by atoms with E-state index in [9.17, 15) is 9.18 Å². The molecule has 0 N–H and O–H groups in total. The smallest absolute Gasteiger partial charge is 0.227 e. The maximum atomic E-state index is 13.5. The minimum absolute atomic E-state index is 0.0294. The molecule has 1 heterocycles. The summed E-state index contributed by atoms with van der Waals surface area (Å²) >= 11 is 3.29. The molecule has 4 heteroatoms. The van der Waals surface area contributed by atoms with Gasteiger partial charge in [0.1, 0.15) is 5.82 Å². The van der Waals surface area contributed by atoms with E-state index in [2.05, 4.69) is 15.9 Å². The van der Waals surface area contributed by atoms with Gasteiger partial charge in [0, 0.05) is 17.6 Å². The van der Waals surface area contributed by atoms with Crippen LogP contribution in [0.5, 0.6) is 0 Å². The highest BCUT2D eigenvalue weighted by Crippen LogP contribution is 2.17. The van der Waals surface area contributed by atoms with Crippen molar-refractivity contribution in [2.24, 2.45) is 0 Å². The van der Waals surface area contributed by atoms with Gasteiger partial charge in [0.05, 0.1) is 6.42 Å². The number of rotatable bonds is 2. The van der Waals surface area contributed by atoms with Crippen molar-refractivity contribution in [3.63, 3.8) is 0 Å². The zero-order chi connectivity index (χ0) is 12.3. The summed E-state index contributed by atoms with van der Waals surface area (Å²) in [6.07, 6.45) is 3.47. The molecule has 0 atom stereocenters. The van der Waals surface area contributed by atoms with Crippen LogP contribution >= 0.6 is 15.9 Å². The highest BCUT2D eigenvalue weighted by Gasteiger charge is 2.18. The van der Waals surface area contributed by atoms with E-state index >= 15 is 0 Å². The average Bonchev–Trinajstić information content (AvgIpc) is 2.35. The van der Waals surface area contributed by atoms with Crippen LogP contribution in [0.1, 0.15) is 24.8 Å². The summed E-state index contributed by atoms with van der Waals surface area (Å²) in [5.41, 5.74) is 0.468. The third kappa shape index (κ3) is 3.28. The SMILES string of the molecule is O=C(Cc1cc(Br)ccc1F)N1CCCCC1. The van der Waals surface area contributed by atoms with E-state index in [-0.39, 0.29) is 18.1 Å². The van der Waals surface area contributed by atoms with Gasteiger partial charge < -0.3 is 4.90 Å². The maximum absolute atomic E-state index is 13.5. The number of benzene rings is 1. The number of halogens is 2.